The summed E-state index contributed by atoms with van der Waals surface area (Å²) in [4.78, 5) is 4.83. The molecular weight excluding hydrogens is 641 g/mol. The van der Waals surface area contributed by atoms with Crippen molar-refractivity contribution < 1.29 is 0 Å². The van der Waals surface area contributed by atoms with Crippen LogP contribution in [0.1, 0.15) is 35.1 Å². The molecule has 0 radical (unpaired) electrons. The molecule has 0 amide bonds. The average Bonchev–Trinajstić information content (AvgIpc) is 3.79. The summed E-state index contributed by atoms with van der Waals surface area (Å²) in [5, 5.41) is 2.53. The van der Waals surface area contributed by atoms with Gasteiger partial charge in [-0.25, -0.2) is 0 Å². The second-order valence-corrected chi connectivity index (χ2v) is 14.6. The van der Waals surface area contributed by atoms with Crippen LogP contribution >= 0.6 is 0 Å². The summed E-state index contributed by atoms with van der Waals surface area (Å²) >= 11 is 0. The Hall–Kier alpha value is -6.38. The second-order valence-electron chi connectivity index (χ2n) is 14.6. The average molecular weight is 681 g/mol. The molecule has 0 heterocycles. The minimum Gasteiger partial charge on any atom is -0.310 e. The highest BCUT2D eigenvalue weighted by Gasteiger charge is 2.45. The van der Waals surface area contributed by atoms with E-state index in [1.54, 1.807) is 0 Å². The number of benzene rings is 8. The van der Waals surface area contributed by atoms with Gasteiger partial charge in [0, 0.05) is 39.5 Å². The maximum atomic E-state index is 2.51. The zero-order valence-corrected chi connectivity index (χ0v) is 29.7. The van der Waals surface area contributed by atoms with Crippen molar-refractivity contribution >= 4 is 44.9 Å². The predicted octanol–water partition coefficient (Wildman–Crippen LogP) is 13.6. The minimum atomic E-state index is -0.00195. The molecule has 2 heteroatoms. The van der Waals surface area contributed by atoms with Crippen molar-refractivity contribution in [1.82, 2.24) is 0 Å². The first-order valence-corrected chi connectivity index (χ1v) is 18.9. The molecule has 254 valence electrons. The maximum Gasteiger partial charge on any atom is 0.0464 e. The Morgan fingerprint density at radius 2 is 0.736 bits per heavy atom. The van der Waals surface area contributed by atoms with Crippen LogP contribution in [-0.4, -0.2) is 0 Å². The smallest absolute Gasteiger partial charge is 0.0464 e. The maximum absolute atomic E-state index is 2.51. The van der Waals surface area contributed by atoms with Crippen LogP contribution in [0.3, 0.4) is 0 Å². The molecule has 2 aliphatic carbocycles. The van der Waals surface area contributed by atoms with Crippen LogP contribution in [-0.2, 0) is 18.3 Å². The molecule has 8 aromatic carbocycles. The first-order valence-electron chi connectivity index (χ1n) is 18.9. The van der Waals surface area contributed by atoms with Crippen LogP contribution in [0.4, 0.5) is 34.1 Å². The summed E-state index contributed by atoms with van der Waals surface area (Å²) < 4.78 is 0. The summed E-state index contributed by atoms with van der Waals surface area (Å²) in [6.07, 6.45) is 4.50. The Labute approximate surface area is 312 Å². The van der Waals surface area contributed by atoms with Gasteiger partial charge < -0.3 is 9.80 Å². The summed E-state index contributed by atoms with van der Waals surface area (Å²) in [5.41, 5.74) is 15.5. The van der Waals surface area contributed by atoms with E-state index in [0.29, 0.717) is 0 Å². The number of fused-ring (bicyclic) bond motifs is 5. The summed E-state index contributed by atoms with van der Waals surface area (Å²) in [5.74, 6) is 0. The molecule has 2 nitrogen and oxygen atoms in total. The van der Waals surface area contributed by atoms with E-state index in [1.807, 2.05) is 0 Å². The quantitative estimate of drug-likeness (QED) is 0.165. The molecule has 0 aromatic heterocycles. The number of hydrogen-bond donors (Lipinski definition) is 0. The standard InChI is InChI=1S/C51H40N2/c1-4-14-43(15-5-1)52(44-16-6-2-7-17-44)47-28-24-39-30-32-51(49(39)35-47)33-31-40-25-29-48(36-50(40)51)53(45-18-8-3-9-19-45)46-26-22-38(23-27-46)42-21-20-37-12-10-11-13-41(37)34-42/h1-29,34-36H,30-33H2/t51-/m1/s1. The van der Waals surface area contributed by atoms with E-state index < -0.39 is 0 Å². The molecule has 0 bridgehead atoms. The molecule has 0 N–H and O–H groups in total. The number of anilines is 6. The van der Waals surface area contributed by atoms with E-state index in [0.717, 1.165) is 37.1 Å². The van der Waals surface area contributed by atoms with Crippen LogP contribution in [0.15, 0.2) is 194 Å². The van der Waals surface area contributed by atoms with Crippen molar-refractivity contribution in [1.29, 1.82) is 0 Å². The molecule has 1 spiro atoms. The van der Waals surface area contributed by atoms with Crippen molar-refractivity contribution in [2.45, 2.75) is 31.1 Å². The molecule has 1 atom stereocenters. The van der Waals surface area contributed by atoms with Crippen molar-refractivity contribution in [2.24, 2.45) is 0 Å². The highest BCUT2D eigenvalue weighted by atomic mass is 15.1. The molecule has 0 unspecified atom stereocenters. The number of aryl methyl sites for hydroxylation is 2. The van der Waals surface area contributed by atoms with Crippen LogP contribution in [0.5, 0.6) is 0 Å². The highest BCUT2D eigenvalue weighted by molar-refractivity contribution is 5.88. The lowest BCUT2D eigenvalue weighted by molar-refractivity contribution is 0.507. The van der Waals surface area contributed by atoms with Gasteiger partial charge in [-0.3, -0.25) is 0 Å². The highest BCUT2D eigenvalue weighted by Crippen LogP contribution is 2.55. The van der Waals surface area contributed by atoms with Gasteiger partial charge in [0.05, 0.1) is 0 Å². The third kappa shape index (κ3) is 5.50. The van der Waals surface area contributed by atoms with Crippen LogP contribution < -0.4 is 9.80 Å². The SMILES string of the molecule is c1ccc(N(c2ccccc2)c2ccc3c(c2)[C@@]2(CC3)CCc3ccc(N(c4ccccc4)c4ccc(-c5ccc6ccccc6c5)cc4)cc32)cc1. The van der Waals surface area contributed by atoms with Gasteiger partial charge in [0.1, 0.15) is 0 Å². The molecule has 8 aromatic rings. The molecule has 10 rings (SSSR count). The van der Waals surface area contributed by atoms with Crippen molar-refractivity contribution in [3.63, 3.8) is 0 Å². The molecular formula is C51H40N2. The Morgan fingerprint density at radius 1 is 0.321 bits per heavy atom. The molecule has 53 heavy (non-hydrogen) atoms. The van der Waals surface area contributed by atoms with Gasteiger partial charge in [-0.2, -0.15) is 0 Å². The Morgan fingerprint density at radius 3 is 1.25 bits per heavy atom. The lowest BCUT2D eigenvalue weighted by Crippen LogP contribution is -2.22. The van der Waals surface area contributed by atoms with Crippen LogP contribution in [0, 0.1) is 0 Å². The number of rotatable bonds is 7. The number of nitrogens with zero attached hydrogens (tertiary/aromatic N) is 2. The van der Waals surface area contributed by atoms with Crippen molar-refractivity contribution in [3.8, 4) is 11.1 Å². The first kappa shape index (κ1) is 31.4. The van der Waals surface area contributed by atoms with E-state index >= 15 is 0 Å². The number of hydrogen-bond acceptors (Lipinski definition) is 2. The number of para-hydroxylation sites is 3. The fraction of sp³-hybridized carbons (Fsp3) is 0.0980. The van der Waals surface area contributed by atoms with E-state index in [9.17, 15) is 0 Å². The fourth-order valence-electron chi connectivity index (χ4n) is 9.04. The molecule has 2 aliphatic rings. The fourth-order valence-corrected chi connectivity index (χ4v) is 9.04. The summed E-state index contributed by atoms with van der Waals surface area (Å²) in [7, 11) is 0. The molecule has 0 aliphatic heterocycles. The van der Waals surface area contributed by atoms with E-state index in [2.05, 4.69) is 204 Å². The Kier molecular flexibility index (Phi) is 7.69. The third-order valence-corrected chi connectivity index (χ3v) is 11.6. The predicted molar refractivity (Wildman–Crippen MR) is 223 cm³/mol. The topological polar surface area (TPSA) is 6.48 Å². The summed E-state index contributed by atoms with van der Waals surface area (Å²) in [6, 6.07) is 71.3. The van der Waals surface area contributed by atoms with Crippen LogP contribution in [0.2, 0.25) is 0 Å². The van der Waals surface area contributed by atoms with E-state index in [-0.39, 0.29) is 5.41 Å². The van der Waals surface area contributed by atoms with E-state index in [4.69, 9.17) is 0 Å². The zero-order valence-electron chi connectivity index (χ0n) is 29.7. The van der Waals surface area contributed by atoms with Crippen molar-refractivity contribution in [3.05, 3.63) is 216 Å². The van der Waals surface area contributed by atoms with Gasteiger partial charge in [-0.15, -0.1) is 0 Å². The van der Waals surface area contributed by atoms with Gasteiger partial charge in [0.15, 0.2) is 0 Å². The Bertz CT molecular complexity index is 2520. The monoisotopic (exact) mass is 680 g/mol. The normalized spacial score (nSPS) is 15.7. The van der Waals surface area contributed by atoms with Gasteiger partial charge >= 0.3 is 0 Å². The lowest BCUT2D eigenvalue weighted by Gasteiger charge is -2.31. The second kappa shape index (κ2) is 13.0. The van der Waals surface area contributed by atoms with Gasteiger partial charge in [-0.05, 0) is 149 Å². The molecule has 0 saturated heterocycles. The van der Waals surface area contributed by atoms with E-state index in [1.165, 1.54) is 66.9 Å². The van der Waals surface area contributed by atoms with Gasteiger partial charge in [-0.1, -0.05) is 115 Å². The largest absolute Gasteiger partial charge is 0.310 e. The lowest BCUT2D eigenvalue weighted by atomic mass is 9.76. The van der Waals surface area contributed by atoms with Gasteiger partial charge in [0.25, 0.3) is 0 Å². The molecule has 0 fully saturated rings. The first-order chi connectivity index (χ1) is 26.2. The van der Waals surface area contributed by atoms with Crippen LogP contribution in [0.25, 0.3) is 21.9 Å². The Balaban J connectivity index is 1.05. The molecule has 0 saturated carbocycles. The third-order valence-electron chi connectivity index (χ3n) is 11.6. The summed E-state index contributed by atoms with van der Waals surface area (Å²) in [6.45, 7) is 0. The van der Waals surface area contributed by atoms with Gasteiger partial charge in [0.2, 0.25) is 0 Å². The minimum absolute atomic E-state index is 0.00195. The van der Waals surface area contributed by atoms with Crippen molar-refractivity contribution in [2.75, 3.05) is 9.80 Å². The zero-order chi connectivity index (χ0) is 35.2.